The van der Waals surface area contributed by atoms with Crippen molar-refractivity contribution in [3.63, 3.8) is 0 Å². The molecule has 90 valence electrons. The highest BCUT2D eigenvalue weighted by Crippen LogP contribution is 2.26. The number of halogens is 1. The van der Waals surface area contributed by atoms with Crippen LogP contribution in [0.4, 0.5) is 11.5 Å². The second kappa shape index (κ2) is 4.40. The maximum atomic E-state index is 6.10. The van der Waals surface area contributed by atoms with E-state index < -0.39 is 0 Å². The van der Waals surface area contributed by atoms with E-state index in [-0.39, 0.29) is 0 Å². The standard InChI is InChI=1S/C11H8ClN5S/c12-6-3-1-2-4-7(6)15-10-8-9(14-5-13-8)16-11(18)17-10/h1-5H,(H3,13,14,15,16,17,18). The Hall–Kier alpha value is -1.92. The van der Waals surface area contributed by atoms with E-state index in [1.54, 1.807) is 6.33 Å². The Kier molecular flexibility index (Phi) is 2.73. The number of H-pyrrole nitrogens is 2. The van der Waals surface area contributed by atoms with E-state index in [1.165, 1.54) is 0 Å². The molecule has 3 rings (SSSR count). The molecule has 5 nitrogen and oxygen atoms in total. The Morgan fingerprint density at radius 3 is 2.94 bits per heavy atom. The van der Waals surface area contributed by atoms with E-state index in [4.69, 9.17) is 23.8 Å². The molecule has 0 radical (unpaired) electrons. The fraction of sp³-hybridized carbons (Fsp3) is 0. The summed E-state index contributed by atoms with van der Waals surface area (Å²) in [6.45, 7) is 0. The molecule has 1 aromatic carbocycles. The van der Waals surface area contributed by atoms with Gasteiger partial charge < -0.3 is 15.3 Å². The molecule has 2 aromatic heterocycles. The van der Waals surface area contributed by atoms with E-state index in [1.807, 2.05) is 24.3 Å². The van der Waals surface area contributed by atoms with Crippen molar-refractivity contribution < 1.29 is 0 Å². The number of aromatic nitrogens is 4. The highest BCUT2D eigenvalue weighted by Gasteiger charge is 2.07. The maximum Gasteiger partial charge on any atom is 0.200 e. The van der Waals surface area contributed by atoms with E-state index >= 15 is 0 Å². The molecular weight excluding hydrogens is 270 g/mol. The number of hydrogen-bond acceptors (Lipinski definition) is 4. The second-order valence-corrected chi connectivity index (χ2v) is 4.42. The molecule has 18 heavy (non-hydrogen) atoms. The fourth-order valence-electron chi connectivity index (χ4n) is 1.64. The van der Waals surface area contributed by atoms with E-state index in [9.17, 15) is 0 Å². The van der Waals surface area contributed by atoms with Crippen LogP contribution in [0.2, 0.25) is 5.02 Å². The van der Waals surface area contributed by atoms with Crippen LogP contribution in [0.25, 0.3) is 11.2 Å². The van der Waals surface area contributed by atoms with Crippen molar-refractivity contribution >= 4 is 46.5 Å². The lowest BCUT2D eigenvalue weighted by molar-refractivity contribution is 1.16. The first-order valence-electron chi connectivity index (χ1n) is 5.19. The lowest BCUT2D eigenvalue weighted by Gasteiger charge is -2.08. The van der Waals surface area contributed by atoms with Crippen molar-refractivity contribution in [3.05, 3.63) is 40.4 Å². The Labute approximate surface area is 112 Å². The molecule has 0 spiro atoms. The number of aromatic amines is 2. The van der Waals surface area contributed by atoms with Crippen molar-refractivity contribution in [2.45, 2.75) is 0 Å². The third-order valence-corrected chi connectivity index (χ3v) is 2.97. The van der Waals surface area contributed by atoms with Gasteiger partial charge >= 0.3 is 0 Å². The van der Waals surface area contributed by atoms with Crippen molar-refractivity contribution in [2.24, 2.45) is 0 Å². The van der Waals surface area contributed by atoms with Gasteiger partial charge in [0.05, 0.1) is 17.0 Å². The Morgan fingerprint density at radius 1 is 1.28 bits per heavy atom. The van der Waals surface area contributed by atoms with Gasteiger partial charge in [-0.05, 0) is 24.4 Å². The zero-order chi connectivity index (χ0) is 12.5. The highest BCUT2D eigenvalue weighted by molar-refractivity contribution is 7.71. The summed E-state index contributed by atoms with van der Waals surface area (Å²) in [7, 11) is 0. The SMILES string of the molecule is S=c1nc2nc[nH]c2c(Nc2ccccc2Cl)[nH]1. The van der Waals surface area contributed by atoms with Gasteiger partial charge in [-0.25, -0.2) is 4.98 Å². The predicted octanol–water partition coefficient (Wildman–Crippen LogP) is 3.41. The molecule has 0 aliphatic rings. The molecule has 0 amide bonds. The molecule has 3 N–H and O–H groups in total. The van der Waals surface area contributed by atoms with Crippen molar-refractivity contribution in [1.82, 2.24) is 19.9 Å². The molecule has 0 bridgehead atoms. The topological polar surface area (TPSA) is 69.4 Å². The number of nitrogens with zero attached hydrogens (tertiary/aromatic N) is 2. The van der Waals surface area contributed by atoms with Gasteiger partial charge in [0, 0.05) is 0 Å². The molecule has 0 fully saturated rings. The van der Waals surface area contributed by atoms with Crippen LogP contribution >= 0.6 is 23.8 Å². The average molecular weight is 278 g/mol. The van der Waals surface area contributed by atoms with Crippen LogP contribution in [-0.4, -0.2) is 19.9 Å². The van der Waals surface area contributed by atoms with Crippen LogP contribution in [0.1, 0.15) is 0 Å². The number of hydrogen-bond donors (Lipinski definition) is 3. The summed E-state index contributed by atoms with van der Waals surface area (Å²) in [5.41, 5.74) is 2.10. The molecule has 0 saturated carbocycles. The van der Waals surface area contributed by atoms with Gasteiger partial charge in [-0.15, -0.1) is 0 Å². The monoisotopic (exact) mass is 277 g/mol. The van der Waals surface area contributed by atoms with Gasteiger partial charge in [-0.2, -0.15) is 4.98 Å². The van der Waals surface area contributed by atoms with Gasteiger partial charge in [-0.1, -0.05) is 23.7 Å². The number of imidazole rings is 1. The van der Waals surface area contributed by atoms with E-state index in [2.05, 4.69) is 25.3 Å². The predicted molar refractivity (Wildman–Crippen MR) is 73.8 cm³/mol. The summed E-state index contributed by atoms with van der Waals surface area (Å²) in [6, 6.07) is 7.45. The van der Waals surface area contributed by atoms with Crippen LogP contribution in [0.3, 0.4) is 0 Å². The lowest BCUT2D eigenvalue weighted by Crippen LogP contribution is -1.97. The van der Waals surface area contributed by atoms with Crippen LogP contribution in [0, 0.1) is 4.77 Å². The van der Waals surface area contributed by atoms with Crippen molar-refractivity contribution in [1.29, 1.82) is 0 Å². The fourth-order valence-corrected chi connectivity index (χ4v) is 2.01. The Morgan fingerprint density at radius 2 is 2.11 bits per heavy atom. The second-order valence-electron chi connectivity index (χ2n) is 3.62. The molecule has 0 saturated heterocycles. The maximum absolute atomic E-state index is 6.10. The third kappa shape index (κ3) is 1.96. The molecule has 3 aromatic rings. The van der Waals surface area contributed by atoms with Gasteiger partial charge in [-0.3, -0.25) is 0 Å². The van der Waals surface area contributed by atoms with Gasteiger partial charge in [0.2, 0.25) is 4.77 Å². The van der Waals surface area contributed by atoms with Crippen LogP contribution in [0.15, 0.2) is 30.6 Å². The summed E-state index contributed by atoms with van der Waals surface area (Å²) >= 11 is 11.1. The van der Waals surface area contributed by atoms with E-state index in [0.29, 0.717) is 21.3 Å². The summed E-state index contributed by atoms with van der Waals surface area (Å²) < 4.78 is 0.365. The first-order chi connectivity index (χ1) is 8.74. The molecule has 0 atom stereocenters. The number of rotatable bonds is 2. The van der Waals surface area contributed by atoms with Gasteiger partial charge in [0.1, 0.15) is 11.3 Å². The number of fused-ring (bicyclic) bond motifs is 1. The van der Waals surface area contributed by atoms with Crippen LogP contribution in [0.5, 0.6) is 0 Å². The number of anilines is 2. The van der Waals surface area contributed by atoms with Crippen LogP contribution in [-0.2, 0) is 0 Å². The summed E-state index contributed by atoms with van der Waals surface area (Å²) in [5, 5.41) is 3.80. The lowest BCUT2D eigenvalue weighted by atomic mass is 10.3. The smallest absolute Gasteiger partial charge is 0.200 e. The molecular formula is C11H8ClN5S. The number of nitrogens with one attached hydrogen (secondary N) is 3. The summed E-state index contributed by atoms with van der Waals surface area (Å²) in [6.07, 6.45) is 1.57. The molecule has 0 aliphatic carbocycles. The van der Waals surface area contributed by atoms with Gasteiger partial charge in [0.15, 0.2) is 5.65 Å². The average Bonchev–Trinajstić information content (AvgIpc) is 2.80. The van der Waals surface area contributed by atoms with Gasteiger partial charge in [0.25, 0.3) is 0 Å². The molecule has 0 aliphatic heterocycles. The quantitative estimate of drug-likeness (QED) is 0.628. The molecule has 2 heterocycles. The largest absolute Gasteiger partial charge is 0.340 e. The number of para-hydroxylation sites is 1. The highest BCUT2D eigenvalue weighted by atomic mass is 35.5. The van der Waals surface area contributed by atoms with Crippen molar-refractivity contribution in [3.8, 4) is 0 Å². The Balaban J connectivity index is 2.13. The van der Waals surface area contributed by atoms with E-state index in [0.717, 1.165) is 11.2 Å². The minimum atomic E-state index is 0.365. The normalized spacial score (nSPS) is 10.7. The first-order valence-corrected chi connectivity index (χ1v) is 5.97. The number of benzene rings is 1. The third-order valence-electron chi connectivity index (χ3n) is 2.44. The summed E-state index contributed by atoms with van der Waals surface area (Å²) in [5.74, 6) is 0.690. The van der Waals surface area contributed by atoms with Crippen LogP contribution < -0.4 is 5.32 Å². The minimum absolute atomic E-state index is 0.365. The zero-order valence-corrected chi connectivity index (χ0v) is 10.6. The van der Waals surface area contributed by atoms with Crippen molar-refractivity contribution in [2.75, 3.05) is 5.32 Å². The molecule has 7 heteroatoms. The first kappa shape index (κ1) is 11.2. The zero-order valence-electron chi connectivity index (χ0n) is 9.07. The molecule has 0 unspecified atom stereocenters. The Bertz CT molecular complexity index is 763. The minimum Gasteiger partial charge on any atom is -0.340 e. The summed E-state index contributed by atoms with van der Waals surface area (Å²) in [4.78, 5) is 14.2.